The highest BCUT2D eigenvalue weighted by molar-refractivity contribution is 6.35. The number of benzene rings is 2. The van der Waals surface area contributed by atoms with Crippen molar-refractivity contribution in [2.45, 2.75) is 26.4 Å². The number of ketones is 1. The number of halogens is 1. The van der Waals surface area contributed by atoms with Crippen molar-refractivity contribution < 1.29 is 14.3 Å². The number of amides is 1. The Morgan fingerprint density at radius 3 is 2.13 bits per heavy atom. The molecule has 0 aliphatic carbocycles. The summed E-state index contributed by atoms with van der Waals surface area (Å²) in [5.41, 5.74) is 0.497. The Morgan fingerprint density at radius 1 is 0.957 bits per heavy atom. The van der Waals surface area contributed by atoms with E-state index in [1.165, 1.54) is 0 Å². The molecule has 0 saturated carbocycles. The fourth-order valence-corrected chi connectivity index (χ4v) is 2.22. The molecule has 2 aromatic rings. The first kappa shape index (κ1) is 17.0. The van der Waals surface area contributed by atoms with Crippen molar-refractivity contribution in [2.24, 2.45) is 0 Å². The van der Waals surface area contributed by atoms with Crippen LogP contribution in [0.5, 0.6) is 0 Å². The molecule has 1 N–H and O–H groups in total. The number of rotatable bonds is 3. The van der Waals surface area contributed by atoms with Crippen LogP contribution < -0.4 is 5.32 Å². The molecule has 5 heteroatoms. The number of anilines is 1. The van der Waals surface area contributed by atoms with E-state index in [0.29, 0.717) is 21.8 Å². The first-order valence-electron chi connectivity index (χ1n) is 7.16. The van der Waals surface area contributed by atoms with Crippen LogP contribution in [0.25, 0.3) is 0 Å². The van der Waals surface area contributed by atoms with Crippen molar-refractivity contribution >= 4 is 29.2 Å². The highest BCUT2D eigenvalue weighted by atomic mass is 35.5. The summed E-state index contributed by atoms with van der Waals surface area (Å²) in [5.74, 6) is -0.262. The van der Waals surface area contributed by atoms with Crippen molar-refractivity contribution in [2.75, 3.05) is 5.32 Å². The zero-order valence-corrected chi connectivity index (χ0v) is 14.0. The molecule has 0 unspecified atom stereocenters. The predicted octanol–water partition coefficient (Wildman–Crippen LogP) is 4.92. The number of hydrogen-bond acceptors (Lipinski definition) is 3. The fraction of sp³-hybridized carbons (Fsp3) is 0.222. The molecule has 2 rings (SSSR count). The Bertz CT molecular complexity index is 735. The molecule has 0 heterocycles. The topological polar surface area (TPSA) is 55.4 Å². The van der Waals surface area contributed by atoms with Gasteiger partial charge in [0.05, 0.1) is 10.7 Å². The van der Waals surface area contributed by atoms with Crippen LogP contribution in [0.1, 0.15) is 36.7 Å². The van der Waals surface area contributed by atoms with E-state index >= 15 is 0 Å². The monoisotopic (exact) mass is 331 g/mol. The lowest BCUT2D eigenvalue weighted by molar-refractivity contribution is 0.0636. The van der Waals surface area contributed by atoms with E-state index in [2.05, 4.69) is 5.32 Å². The second kappa shape index (κ2) is 6.84. The summed E-state index contributed by atoms with van der Waals surface area (Å²) < 4.78 is 5.22. The molecular formula is C18H18ClNO3. The Morgan fingerprint density at radius 2 is 1.52 bits per heavy atom. The molecule has 120 valence electrons. The lowest BCUT2D eigenvalue weighted by atomic mass is 10.0. The number of hydrogen-bond donors (Lipinski definition) is 1. The number of para-hydroxylation sites is 1. The van der Waals surface area contributed by atoms with Gasteiger partial charge in [0.2, 0.25) is 0 Å². The average Bonchev–Trinajstić information content (AvgIpc) is 2.45. The summed E-state index contributed by atoms with van der Waals surface area (Å²) in [6, 6.07) is 13.5. The molecule has 0 atom stereocenters. The predicted molar refractivity (Wildman–Crippen MR) is 91.2 cm³/mol. The first-order chi connectivity index (χ1) is 10.8. The van der Waals surface area contributed by atoms with Crippen LogP contribution in [0.2, 0.25) is 5.02 Å². The van der Waals surface area contributed by atoms with Crippen molar-refractivity contribution in [3.05, 3.63) is 64.7 Å². The molecule has 23 heavy (non-hydrogen) atoms. The van der Waals surface area contributed by atoms with Crippen molar-refractivity contribution in [3.8, 4) is 0 Å². The number of ether oxygens (including phenoxy) is 1. The smallest absolute Gasteiger partial charge is 0.412 e. The normalized spacial score (nSPS) is 11.0. The molecule has 0 spiro atoms. The van der Waals surface area contributed by atoms with Gasteiger partial charge in [0, 0.05) is 11.1 Å². The van der Waals surface area contributed by atoms with Gasteiger partial charge < -0.3 is 4.74 Å². The molecule has 2 aromatic carbocycles. The molecule has 0 aromatic heterocycles. The van der Waals surface area contributed by atoms with Crippen LogP contribution in [0.3, 0.4) is 0 Å². The van der Waals surface area contributed by atoms with E-state index in [4.69, 9.17) is 16.3 Å². The summed E-state index contributed by atoms with van der Waals surface area (Å²) in [7, 11) is 0. The minimum atomic E-state index is -0.619. The van der Waals surface area contributed by atoms with Gasteiger partial charge in [0.1, 0.15) is 5.60 Å². The molecular weight excluding hydrogens is 314 g/mol. The van der Waals surface area contributed by atoms with Crippen LogP contribution in [0.15, 0.2) is 48.5 Å². The second-order valence-corrected chi connectivity index (χ2v) is 6.39. The van der Waals surface area contributed by atoms with Gasteiger partial charge in [-0.1, -0.05) is 35.9 Å². The first-order valence-corrected chi connectivity index (χ1v) is 7.54. The van der Waals surface area contributed by atoms with E-state index in [1.807, 2.05) is 0 Å². The molecule has 0 bridgehead atoms. The molecule has 0 radical (unpaired) electrons. The summed E-state index contributed by atoms with van der Waals surface area (Å²) in [6.07, 6.45) is -0.614. The summed E-state index contributed by atoms with van der Waals surface area (Å²) in [4.78, 5) is 24.6. The van der Waals surface area contributed by atoms with E-state index in [1.54, 1.807) is 69.3 Å². The van der Waals surface area contributed by atoms with Gasteiger partial charge in [-0.05, 0) is 45.0 Å². The Labute approximate surface area is 140 Å². The maximum atomic E-state index is 12.7. The summed E-state index contributed by atoms with van der Waals surface area (Å²) in [5, 5.41) is 2.98. The SMILES string of the molecule is CC(C)(C)OC(=O)Nc1ccccc1C(=O)c1ccccc1Cl. The summed E-state index contributed by atoms with van der Waals surface area (Å²) in [6.45, 7) is 5.31. The quantitative estimate of drug-likeness (QED) is 0.812. The van der Waals surface area contributed by atoms with Gasteiger partial charge in [-0.15, -0.1) is 0 Å². The lowest BCUT2D eigenvalue weighted by Crippen LogP contribution is -2.27. The zero-order valence-electron chi connectivity index (χ0n) is 13.2. The minimum Gasteiger partial charge on any atom is -0.444 e. The second-order valence-electron chi connectivity index (χ2n) is 5.98. The van der Waals surface area contributed by atoms with Crippen molar-refractivity contribution in [1.82, 2.24) is 0 Å². The fourth-order valence-electron chi connectivity index (χ4n) is 1.99. The van der Waals surface area contributed by atoms with Crippen LogP contribution in [0, 0.1) is 0 Å². The highest BCUT2D eigenvalue weighted by Gasteiger charge is 2.20. The number of nitrogens with one attached hydrogen (secondary N) is 1. The Balaban J connectivity index is 2.29. The van der Waals surface area contributed by atoms with E-state index in [-0.39, 0.29) is 5.78 Å². The van der Waals surface area contributed by atoms with Crippen LogP contribution in [0.4, 0.5) is 10.5 Å². The standard InChI is InChI=1S/C18H18ClNO3/c1-18(2,3)23-17(22)20-15-11-7-5-9-13(15)16(21)12-8-4-6-10-14(12)19/h4-11H,1-3H3,(H,20,22). The van der Waals surface area contributed by atoms with Crippen LogP contribution >= 0.6 is 11.6 Å². The molecule has 0 saturated heterocycles. The third-order valence-corrected chi connectivity index (χ3v) is 3.26. The maximum absolute atomic E-state index is 12.7. The lowest BCUT2D eigenvalue weighted by Gasteiger charge is -2.20. The number of carbonyl (C=O) groups excluding carboxylic acids is 2. The third-order valence-electron chi connectivity index (χ3n) is 2.93. The van der Waals surface area contributed by atoms with Crippen LogP contribution in [-0.4, -0.2) is 17.5 Å². The molecule has 0 fully saturated rings. The molecule has 4 nitrogen and oxygen atoms in total. The summed E-state index contributed by atoms with van der Waals surface area (Å²) >= 11 is 6.08. The zero-order chi connectivity index (χ0) is 17.0. The van der Waals surface area contributed by atoms with E-state index in [0.717, 1.165) is 0 Å². The van der Waals surface area contributed by atoms with Gasteiger partial charge >= 0.3 is 6.09 Å². The van der Waals surface area contributed by atoms with Gasteiger partial charge in [0.15, 0.2) is 5.78 Å². The Hall–Kier alpha value is -2.33. The highest BCUT2D eigenvalue weighted by Crippen LogP contribution is 2.24. The van der Waals surface area contributed by atoms with E-state index < -0.39 is 11.7 Å². The average molecular weight is 332 g/mol. The molecule has 0 aliphatic heterocycles. The van der Waals surface area contributed by atoms with Gasteiger partial charge in [-0.25, -0.2) is 4.79 Å². The third kappa shape index (κ3) is 4.57. The van der Waals surface area contributed by atoms with E-state index in [9.17, 15) is 9.59 Å². The van der Waals surface area contributed by atoms with Crippen LogP contribution in [-0.2, 0) is 4.74 Å². The number of carbonyl (C=O) groups is 2. The van der Waals surface area contributed by atoms with Crippen molar-refractivity contribution in [3.63, 3.8) is 0 Å². The van der Waals surface area contributed by atoms with Gasteiger partial charge in [-0.3, -0.25) is 10.1 Å². The molecule has 0 aliphatic rings. The minimum absolute atomic E-state index is 0.262. The maximum Gasteiger partial charge on any atom is 0.412 e. The van der Waals surface area contributed by atoms with Crippen molar-refractivity contribution in [1.29, 1.82) is 0 Å². The van der Waals surface area contributed by atoms with Gasteiger partial charge in [0.25, 0.3) is 0 Å². The van der Waals surface area contributed by atoms with Gasteiger partial charge in [-0.2, -0.15) is 0 Å². The molecule has 1 amide bonds. The largest absolute Gasteiger partial charge is 0.444 e. The Kier molecular flexibility index (Phi) is 5.06.